The Labute approximate surface area is 95.6 Å². The van der Waals surface area contributed by atoms with E-state index in [0.717, 1.165) is 11.3 Å². The van der Waals surface area contributed by atoms with Gasteiger partial charge in [0.25, 0.3) is 0 Å². The van der Waals surface area contributed by atoms with E-state index < -0.39 is 0 Å². The highest BCUT2D eigenvalue weighted by Gasteiger charge is 2.38. The molecule has 2 heteroatoms. The fraction of sp³-hybridized carbons (Fsp3) is 0.500. The van der Waals surface area contributed by atoms with Crippen molar-refractivity contribution in [1.29, 1.82) is 0 Å². The third-order valence-electron chi connectivity index (χ3n) is 3.84. The van der Waals surface area contributed by atoms with E-state index in [-0.39, 0.29) is 11.9 Å². The van der Waals surface area contributed by atoms with Crippen LogP contribution in [0, 0.1) is 5.92 Å². The van der Waals surface area contributed by atoms with Crippen molar-refractivity contribution in [2.45, 2.75) is 38.0 Å². The van der Waals surface area contributed by atoms with E-state index in [4.69, 9.17) is 4.74 Å². The van der Waals surface area contributed by atoms with Gasteiger partial charge in [0.15, 0.2) is 0 Å². The standard InChI is InChI=1S/C14H16O2/c15-14-13(10-6-2-1-3-7-10)11-8-4-5-9-12(11)16-14/h4-5,8-10,13H,1-3,6-7H2. The van der Waals surface area contributed by atoms with Gasteiger partial charge in [-0.1, -0.05) is 37.5 Å². The van der Waals surface area contributed by atoms with Crippen LogP contribution in [0.3, 0.4) is 0 Å². The van der Waals surface area contributed by atoms with Crippen LogP contribution in [0.1, 0.15) is 43.6 Å². The molecule has 1 aromatic carbocycles. The number of carbonyl (C=O) groups is 1. The molecule has 1 aliphatic heterocycles. The minimum atomic E-state index is -0.0342. The Morgan fingerprint density at radius 3 is 2.62 bits per heavy atom. The zero-order chi connectivity index (χ0) is 11.0. The van der Waals surface area contributed by atoms with Crippen molar-refractivity contribution in [3.63, 3.8) is 0 Å². The number of para-hydroxylation sites is 1. The number of carbonyl (C=O) groups excluding carboxylic acids is 1. The summed E-state index contributed by atoms with van der Waals surface area (Å²) in [6, 6.07) is 7.86. The molecule has 2 nitrogen and oxygen atoms in total. The van der Waals surface area contributed by atoms with Gasteiger partial charge < -0.3 is 4.74 Å². The maximum absolute atomic E-state index is 11.9. The number of hydrogen-bond acceptors (Lipinski definition) is 2. The maximum atomic E-state index is 11.9. The van der Waals surface area contributed by atoms with E-state index in [2.05, 4.69) is 0 Å². The molecular formula is C14H16O2. The van der Waals surface area contributed by atoms with Crippen LogP contribution < -0.4 is 4.74 Å². The lowest BCUT2D eigenvalue weighted by atomic mass is 9.77. The van der Waals surface area contributed by atoms with E-state index in [1.54, 1.807) is 0 Å². The average Bonchev–Trinajstić information content (AvgIpc) is 2.66. The van der Waals surface area contributed by atoms with Gasteiger partial charge in [0, 0.05) is 5.56 Å². The maximum Gasteiger partial charge on any atom is 0.319 e. The number of rotatable bonds is 1. The van der Waals surface area contributed by atoms with Gasteiger partial charge in [-0.3, -0.25) is 4.79 Å². The van der Waals surface area contributed by atoms with Crippen LogP contribution in [0.15, 0.2) is 24.3 Å². The molecule has 1 unspecified atom stereocenters. The Kier molecular flexibility index (Phi) is 2.43. The normalized spacial score (nSPS) is 25.2. The molecule has 1 aromatic rings. The van der Waals surface area contributed by atoms with Crippen LogP contribution in [-0.2, 0) is 4.79 Å². The van der Waals surface area contributed by atoms with Crippen LogP contribution in [0.4, 0.5) is 0 Å². The monoisotopic (exact) mass is 216 g/mol. The van der Waals surface area contributed by atoms with E-state index in [9.17, 15) is 4.79 Å². The zero-order valence-corrected chi connectivity index (χ0v) is 9.32. The Hall–Kier alpha value is -1.31. The summed E-state index contributed by atoms with van der Waals surface area (Å²) < 4.78 is 5.33. The highest BCUT2D eigenvalue weighted by Crippen LogP contribution is 2.44. The first-order valence-electron chi connectivity index (χ1n) is 6.17. The van der Waals surface area contributed by atoms with Gasteiger partial charge in [-0.05, 0) is 24.8 Å². The molecule has 0 saturated heterocycles. The fourth-order valence-electron chi connectivity index (χ4n) is 3.04. The first-order valence-corrected chi connectivity index (χ1v) is 6.17. The lowest BCUT2D eigenvalue weighted by molar-refractivity contribution is -0.135. The number of benzene rings is 1. The topological polar surface area (TPSA) is 26.3 Å². The van der Waals surface area contributed by atoms with Gasteiger partial charge in [0.2, 0.25) is 0 Å². The largest absolute Gasteiger partial charge is 0.426 e. The molecule has 84 valence electrons. The van der Waals surface area contributed by atoms with Gasteiger partial charge >= 0.3 is 5.97 Å². The molecule has 0 aromatic heterocycles. The van der Waals surface area contributed by atoms with Gasteiger partial charge in [0.1, 0.15) is 5.75 Å². The first-order chi connectivity index (χ1) is 7.86. The summed E-state index contributed by atoms with van der Waals surface area (Å²) in [5.41, 5.74) is 1.11. The van der Waals surface area contributed by atoms with E-state index in [1.165, 1.54) is 32.1 Å². The molecule has 1 heterocycles. The van der Waals surface area contributed by atoms with Crippen LogP contribution in [-0.4, -0.2) is 5.97 Å². The lowest BCUT2D eigenvalue weighted by Crippen LogP contribution is -2.22. The molecule has 2 aliphatic rings. The van der Waals surface area contributed by atoms with Crippen LogP contribution in [0.5, 0.6) is 5.75 Å². The number of ether oxygens (including phenoxy) is 1. The summed E-state index contributed by atoms with van der Waals surface area (Å²) in [5, 5.41) is 0. The summed E-state index contributed by atoms with van der Waals surface area (Å²) in [4.78, 5) is 11.9. The second-order valence-electron chi connectivity index (χ2n) is 4.83. The fourth-order valence-corrected chi connectivity index (χ4v) is 3.04. The second-order valence-corrected chi connectivity index (χ2v) is 4.83. The van der Waals surface area contributed by atoms with Gasteiger partial charge in [-0.2, -0.15) is 0 Å². The van der Waals surface area contributed by atoms with Crippen molar-refractivity contribution >= 4 is 5.97 Å². The summed E-state index contributed by atoms with van der Waals surface area (Å²) >= 11 is 0. The predicted octanol–water partition coefficient (Wildman–Crippen LogP) is 3.27. The number of esters is 1. The Morgan fingerprint density at radius 1 is 1.06 bits per heavy atom. The van der Waals surface area contributed by atoms with Crippen molar-refractivity contribution < 1.29 is 9.53 Å². The molecule has 3 rings (SSSR count). The number of fused-ring (bicyclic) bond motifs is 1. The molecule has 0 radical (unpaired) electrons. The molecule has 1 atom stereocenters. The van der Waals surface area contributed by atoms with E-state index in [1.807, 2.05) is 24.3 Å². The Morgan fingerprint density at radius 2 is 1.81 bits per heavy atom. The predicted molar refractivity (Wildman–Crippen MR) is 61.4 cm³/mol. The summed E-state index contributed by atoms with van der Waals surface area (Å²) in [6.45, 7) is 0. The minimum absolute atomic E-state index is 0.0106. The van der Waals surface area contributed by atoms with Gasteiger partial charge in [0.05, 0.1) is 5.92 Å². The van der Waals surface area contributed by atoms with Gasteiger partial charge in [-0.15, -0.1) is 0 Å². The van der Waals surface area contributed by atoms with Gasteiger partial charge in [-0.25, -0.2) is 0 Å². The molecule has 1 saturated carbocycles. The highest BCUT2D eigenvalue weighted by atomic mass is 16.5. The Bertz CT molecular complexity index is 405. The first kappa shape index (κ1) is 9.88. The molecule has 0 spiro atoms. The molecule has 0 bridgehead atoms. The van der Waals surface area contributed by atoms with Crippen molar-refractivity contribution in [2.75, 3.05) is 0 Å². The molecule has 1 aliphatic carbocycles. The van der Waals surface area contributed by atoms with Crippen LogP contribution in [0.25, 0.3) is 0 Å². The lowest BCUT2D eigenvalue weighted by Gasteiger charge is -2.25. The van der Waals surface area contributed by atoms with Crippen LogP contribution in [0.2, 0.25) is 0 Å². The quantitative estimate of drug-likeness (QED) is 0.532. The zero-order valence-electron chi connectivity index (χ0n) is 9.32. The van der Waals surface area contributed by atoms with E-state index in [0.29, 0.717) is 5.92 Å². The molecule has 0 amide bonds. The van der Waals surface area contributed by atoms with Crippen LogP contribution >= 0.6 is 0 Å². The summed E-state index contributed by atoms with van der Waals surface area (Å²) in [5.74, 6) is 1.26. The number of hydrogen-bond donors (Lipinski definition) is 0. The summed E-state index contributed by atoms with van der Waals surface area (Å²) in [7, 11) is 0. The molecular weight excluding hydrogens is 200 g/mol. The molecule has 16 heavy (non-hydrogen) atoms. The van der Waals surface area contributed by atoms with Crippen molar-refractivity contribution in [3.8, 4) is 5.75 Å². The second kappa shape index (κ2) is 3.93. The minimum Gasteiger partial charge on any atom is -0.426 e. The third-order valence-corrected chi connectivity index (χ3v) is 3.84. The van der Waals surface area contributed by atoms with Crippen molar-refractivity contribution in [2.24, 2.45) is 5.92 Å². The molecule has 0 N–H and O–H groups in total. The smallest absolute Gasteiger partial charge is 0.319 e. The third kappa shape index (κ3) is 1.53. The summed E-state index contributed by atoms with van der Waals surface area (Å²) in [6.07, 6.45) is 6.19. The van der Waals surface area contributed by atoms with E-state index >= 15 is 0 Å². The Balaban J connectivity index is 1.92. The SMILES string of the molecule is O=C1Oc2ccccc2C1C1CCCCC1. The van der Waals surface area contributed by atoms with Crippen molar-refractivity contribution in [3.05, 3.63) is 29.8 Å². The van der Waals surface area contributed by atoms with Crippen molar-refractivity contribution in [1.82, 2.24) is 0 Å². The average molecular weight is 216 g/mol. The molecule has 1 fully saturated rings. The highest BCUT2D eigenvalue weighted by molar-refractivity contribution is 5.86.